The van der Waals surface area contributed by atoms with Gasteiger partial charge >= 0.3 is 0 Å². The molecule has 0 bridgehead atoms. The first-order valence-electron chi connectivity index (χ1n) is 11.0. The van der Waals surface area contributed by atoms with Crippen LogP contribution >= 0.6 is 24.0 Å². The van der Waals surface area contributed by atoms with Gasteiger partial charge in [0, 0.05) is 31.2 Å². The summed E-state index contributed by atoms with van der Waals surface area (Å²) in [5.41, 5.74) is 4.34. The number of aromatic nitrogens is 2. The highest BCUT2D eigenvalue weighted by Gasteiger charge is 2.07. The molecule has 1 heterocycles. The van der Waals surface area contributed by atoms with Crippen molar-refractivity contribution in [3.63, 3.8) is 0 Å². The molecule has 1 amide bonds. The van der Waals surface area contributed by atoms with Gasteiger partial charge in [-0.05, 0) is 49.1 Å². The fraction of sp³-hybridized carbons (Fsp3) is 0.320. The van der Waals surface area contributed by atoms with E-state index in [4.69, 9.17) is 4.99 Å². The number of nitrogens with one attached hydrogen (secondary N) is 3. The maximum absolute atomic E-state index is 12.2. The number of rotatable bonds is 9. The molecule has 7 nitrogen and oxygen atoms in total. The second-order valence-electron chi connectivity index (χ2n) is 7.84. The van der Waals surface area contributed by atoms with Crippen LogP contribution in [0.15, 0.2) is 72.0 Å². The number of amides is 1. The van der Waals surface area contributed by atoms with E-state index >= 15 is 0 Å². The Bertz CT molecular complexity index is 1020. The third-order valence-electron chi connectivity index (χ3n) is 5.06. The molecule has 176 valence electrons. The van der Waals surface area contributed by atoms with Crippen molar-refractivity contribution >= 4 is 41.5 Å². The Kier molecular flexibility index (Phi) is 10.9. The van der Waals surface area contributed by atoms with Crippen LogP contribution in [0.1, 0.15) is 36.5 Å². The van der Waals surface area contributed by atoms with Gasteiger partial charge in [0.2, 0.25) is 5.91 Å². The summed E-state index contributed by atoms with van der Waals surface area (Å²) in [7, 11) is 0. The molecule has 0 fully saturated rings. The van der Waals surface area contributed by atoms with Gasteiger partial charge in [-0.1, -0.05) is 48.9 Å². The Balaban J connectivity index is 0.00000385. The van der Waals surface area contributed by atoms with Crippen molar-refractivity contribution in [2.75, 3.05) is 18.4 Å². The van der Waals surface area contributed by atoms with Gasteiger partial charge in [0.25, 0.3) is 0 Å². The number of aliphatic imine (C=N–C) groups is 1. The Hall–Kier alpha value is -2.88. The Labute approximate surface area is 213 Å². The number of aryl methyl sites for hydroxylation is 1. The minimum Gasteiger partial charge on any atom is -0.357 e. The smallest absolute Gasteiger partial charge is 0.246 e. The number of carbonyl (C=O) groups excluding carboxylic acids is 1. The number of anilines is 1. The maximum atomic E-state index is 12.2. The molecule has 3 aromatic rings. The molecule has 0 aliphatic carbocycles. The molecule has 0 saturated carbocycles. The van der Waals surface area contributed by atoms with Gasteiger partial charge in [-0.3, -0.25) is 9.48 Å². The van der Waals surface area contributed by atoms with Crippen molar-refractivity contribution in [2.45, 2.75) is 39.8 Å². The van der Waals surface area contributed by atoms with Crippen LogP contribution in [-0.2, 0) is 17.9 Å². The predicted molar refractivity (Wildman–Crippen MR) is 145 cm³/mol. The number of carbonyl (C=O) groups is 1. The van der Waals surface area contributed by atoms with E-state index in [0.717, 1.165) is 30.3 Å². The second-order valence-corrected chi connectivity index (χ2v) is 7.84. The lowest BCUT2D eigenvalue weighted by Gasteiger charge is -2.16. The highest BCUT2D eigenvalue weighted by atomic mass is 127. The molecule has 8 heteroatoms. The van der Waals surface area contributed by atoms with Crippen molar-refractivity contribution in [2.24, 2.45) is 4.99 Å². The zero-order valence-electron chi connectivity index (χ0n) is 19.4. The molecule has 3 N–H and O–H groups in total. The number of hydrogen-bond acceptors (Lipinski definition) is 3. The lowest BCUT2D eigenvalue weighted by Crippen LogP contribution is -2.39. The fourth-order valence-electron chi connectivity index (χ4n) is 3.26. The highest BCUT2D eigenvalue weighted by Crippen LogP contribution is 2.15. The Morgan fingerprint density at radius 2 is 1.91 bits per heavy atom. The Morgan fingerprint density at radius 1 is 1.12 bits per heavy atom. The maximum Gasteiger partial charge on any atom is 0.246 e. The zero-order chi connectivity index (χ0) is 22.8. The van der Waals surface area contributed by atoms with Crippen LogP contribution in [0, 0.1) is 6.92 Å². The lowest BCUT2D eigenvalue weighted by molar-refractivity contribution is -0.116. The molecular formula is C25H33IN6O. The first-order valence-corrected chi connectivity index (χ1v) is 11.0. The molecule has 2 aromatic carbocycles. The average molecular weight is 560 g/mol. The summed E-state index contributed by atoms with van der Waals surface area (Å²) in [6, 6.07) is 18.2. The summed E-state index contributed by atoms with van der Waals surface area (Å²) < 4.78 is 1.59. The molecule has 33 heavy (non-hydrogen) atoms. The van der Waals surface area contributed by atoms with E-state index in [1.54, 1.807) is 23.1 Å². The minimum absolute atomic E-state index is 0. The number of guanidine groups is 1. The van der Waals surface area contributed by atoms with Gasteiger partial charge in [-0.2, -0.15) is 5.10 Å². The van der Waals surface area contributed by atoms with Gasteiger partial charge in [-0.15, -0.1) is 24.0 Å². The molecule has 0 saturated heterocycles. The lowest BCUT2D eigenvalue weighted by atomic mass is 10.0. The van der Waals surface area contributed by atoms with E-state index in [1.807, 2.05) is 24.3 Å². The van der Waals surface area contributed by atoms with Crippen LogP contribution < -0.4 is 16.0 Å². The van der Waals surface area contributed by atoms with Gasteiger partial charge in [0.05, 0.1) is 6.54 Å². The Morgan fingerprint density at radius 3 is 2.61 bits per heavy atom. The van der Waals surface area contributed by atoms with Crippen LogP contribution in [-0.4, -0.2) is 34.7 Å². The van der Waals surface area contributed by atoms with E-state index < -0.39 is 0 Å². The summed E-state index contributed by atoms with van der Waals surface area (Å²) in [4.78, 5) is 16.9. The van der Waals surface area contributed by atoms with Gasteiger partial charge < -0.3 is 16.0 Å². The van der Waals surface area contributed by atoms with E-state index in [2.05, 4.69) is 66.1 Å². The van der Waals surface area contributed by atoms with E-state index in [0.29, 0.717) is 12.5 Å². The van der Waals surface area contributed by atoms with E-state index in [1.165, 1.54) is 11.1 Å². The third-order valence-corrected chi connectivity index (χ3v) is 5.06. The molecule has 1 aromatic heterocycles. The predicted octanol–water partition coefficient (Wildman–Crippen LogP) is 4.31. The van der Waals surface area contributed by atoms with Crippen molar-refractivity contribution in [3.05, 3.63) is 83.7 Å². The van der Waals surface area contributed by atoms with Crippen molar-refractivity contribution < 1.29 is 4.79 Å². The number of hydrogen-bond donors (Lipinski definition) is 3. The van der Waals surface area contributed by atoms with Crippen LogP contribution in [0.5, 0.6) is 0 Å². The number of benzene rings is 2. The SMILES string of the molecule is CCNC(=NCc1cccc(NC(=O)Cn2cccn2)c1)NCC(C)c1ccc(C)cc1.I. The van der Waals surface area contributed by atoms with Gasteiger partial charge in [0.1, 0.15) is 6.54 Å². The van der Waals surface area contributed by atoms with E-state index in [9.17, 15) is 4.79 Å². The van der Waals surface area contributed by atoms with Crippen LogP contribution in [0.2, 0.25) is 0 Å². The topological polar surface area (TPSA) is 83.3 Å². The molecule has 0 aliphatic heterocycles. The summed E-state index contributed by atoms with van der Waals surface area (Å²) in [5, 5.41) is 13.7. The summed E-state index contributed by atoms with van der Waals surface area (Å²) >= 11 is 0. The zero-order valence-corrected chi connectivity index (χ0v) is 21.7. The molecular weight excluding hydrogens is 527 g/mol. The van der Waals surface area contributed by atoms with Crippen LogP contribution in [0.4, 0.5) is 5.69 Å². The van der Waals surface area contributed by atoms with Gasteiger partial charge in [-0.25, -0.2) is 4.99 Å². The van der Waals surface area contributed by atoms with Crippen LogP contribution in [0.25, 0.3) is 0 Å². The quantitative estimate of drug-likeness (QED) is 0.207. The number of halogens is 1. The molecule has 1 unspecified atom stereocenters. The largest absolute Gasteiger partial charge is 0.357 e. The van der Waals surface area contributed by atoms with Crippen molar-refractivity contribution in [1.82, 2.24) is 20.4 Å². The second kappa shape index (κ2) is 13.6. The fourth-order valence-corrected chi connectivity index (χ4v) is 3.26. The molecule has 0 radical (unpaired) electrons. The first-order chi connectivity index (χ1) is 15.5. The summed E-state index contributed by atoms with van der Waals surface area (Å²) in [6.07, 6.45) is 3.42. The summed E-state index contributed by atoms with van der Waals surface area (Å²) in [6.45, 7) is 8.63. The minimum atomic E-state index is -0.116. The van der Waals surface area contributed by atoms with E-state index in [-0.39, 0.29) is 36.4 Å². The van der Waals surface area contributed by atoms with Gasteiger partial charge in [0.15, 0.2) is 5.96 Å². The monoisotopic (exact) mass is 560 g/mol. The van der Waals surface area contributed by atoms with Crippen molar-refractivity contribution in [1.29, 1.82) is 0 Å². The molecule has 0 aliphatic rings. The van der Waals surface area contributed by atoms with Crippen molar-refractivity contribution in [3.8, 4) is 0 Å². The molecule has 1 atom stereocenters. The average Bonchev–Trinajstić information content (AvgIpc) is 3.29. The summed E-state index contributed by atoms with van der Waals surface area (Å²) in [5.74, 6) is 1.03. The third kappa shape index (κ3) is 8.88. The van der Waals surface area contributed by atoms with Crippen LogP contribution in [0.3, 0.4) is 0 Å². The number of nitrogens with zero attached hydrogens (tertiary/aromatic N) is 3. The molecule has 0 spiro atoms. The highest BCUT2D eigenvalue weighted by molar-refractivity contribution is 14.0. The first kappa shape index (κ1) is 26.4. The normalized spacial score (nSPS) is 11.9. The standard InChI is InChI=1S/C25H32N6O.HI/c1-4-26-25(27-16-20(3)22-11-9-19(2)10-12-22)28-17-21-7-5-8-23(15-21)30-24(32)18-31-14-6-13-29-31;/h5-15,20H,4,16-18H2,1-3H3,(H,30,32)(H2,26,27,28);1H. The molecule has 3 rings (SSSR count).